The number of nitrogens with zero attached hydrogens (tertiary/aromatic N) is 1. The van der Waals surface area contributed by atoms with E-state index in [4.69, 9.17) is 0 Å². The van der Waals surface area contributed by atoms with E-state index in [-0.39, 0.29) is 0 Å². The molecule has 0 amide bonds. The van der Waals surface area contributed by atoms with Crippen LogP contribution >= 0.6 is 15.9 Å². The molecular weight excluding hydrogens is 290 g/mol. The van der Waals surface area contributed by atoms with E-state index in [1.165, 1.54) is 32.1 Å². The highest BCUT2D eigenvalue weighted by Crippen LogP contribution is 2.27. The van der Waals surface area contributed by atoms with E-state index in [0.29, 0.717) is 12.2 Å². The lowest BCUT2D eigenvalue weighted by Crippen LogP contribution is -2.10. The Balaban J connectivity index is 1.74. The van der Waals surface area contributed by atoms with E-state index in [2.05, 4.69) is 20.9 Å². The predicted octanol–water partition coefficient (Wildman–Crippen LogP) is 4.32. The summed E-state index contributed by atoms with van der Waals surface area (Å²) >= 11 is 3.38. The number of halogens is 1. The van der Waals surface area contributed by atoms with Gasteiger partial charge in [-0.3, -0.25) is 9.78 Å². The molecule has 3 heteroatoms. The average molecular weight is 310 g/mol. The van der Waals surface area contributed by atoms with Gasteiger partial charge in [0.2, 0.25) is 0 Å². The molecule has 0 N–H and O–H groups in total. The number of carbonyl (C=O) groups is 1. The number of hydrogen-bond acceptors (Lipinski definition) is 2. The molecule has 1 heterocycles. The summed E-state index contributed by atoms with van der Waals surface area (Å²) in [5.74, 6) is 1.14. The lowest BCUT2D eigenvalue weighted by Gasteiger charge is -2.20. The molecule has 2 rings (SSSR count). The smallest absolute Gasteiger partial charge is 0.137 e. The van der Waals surface area contributed by atoms with Gasteiger partial charge in [-0.15, -0.1) is 0 Å². The van der Waals surface area contributed by atoms with Gasteiger partial charge in [-0.1, -0.05) is 32.1 Å². The van der Waals surface area contributed by atoms with Crippen molar-refractivity contribution in [2.45, 2.75) is 51.4 Å². The van der Waals surface area contributed by atoms with Crippen LogP contribution in [-0.4, -0.2) is 10.8 Å². The van der Waals surface area contributed by atoms with Crippen molar-refractivity contribution in [1.29, 1.82) is 0 Å². The summed E-state index contributed by atoms with van der Waals surface area (Å²) in [4.78, 5) is 16.0. The van der Waals surface area contributed by atoms with Gasteiger partial charge in [0.25, 0.3) is 0 Å². The highest BCUT2D eigenvalue weighted by molar-refractivity contribution is 9.10. The van der Waals surface area contributed by atoms with E-state index >= 15 is 0 Å². The highest BCUT2D eigenvalue weighted by atomic mass is 79.9. The molecule has 0 saturated heterocycles. The maximum Gasteiger partial charge on any atom is 0.137 e. The number of pyridine rings is 1. The Morgan fingerprint density at radius 3 is 2.78 bits per heavy atom. The molecule has 2 nitrogen and oxygen atoms in total. The first-order chi connectivity index (χ1) is 8.74. The molecule has 0 spiro atoms. The van der Waals surface area contributed by atoms with Crippen LogP contribution in [0, 0.1) is 5.92 Å². The minimum Gasteiger partial charge on any atom is -0.299 e. The van der Waals surface area contributed by atoms with E-state index in [1.807, 2.05) is 6.07 Å². The SMILES string of the molecule is O=C(CCC1CCCCC1)Cc1cncc(Br)c1. The van der Waals surface area contributed by atoms with Crippen molar-refractivity contribution in [2.75, 3.05) is 0 Å². The van der Waals surface area contributed by atoms with Crippen LogP contribution in [0.5, 0.6) is 0 Å². The topological polar surface area (TPSA) is 30.0 Å². The quantitative estimate of drug-likeness (QED) is 0.811. The number of ketones is 1. The Morgan fingerprint density at radius 2 is 2.06 bits per heavy atom. The second kappa shape index (κ2) is 7.03. The molecule has 1 saturated carbocycles. The van der Waals surface area contributed by atoms with Crippen LogP contribution in [0.3, 0.4) is 0 Å². The molecule has 0 unspecified atom stereocenters. The summed E-state index contributed by atoms with van der Waals surface area (Å²) in [6.07, 6.45) is 12.6. The van der Waals surface area contributed by atoms with Gasteiger partial charge in [0.05, 0.1) is 0 Å². The van der Waals surface area contributed by atoms with E-state index in [0.717, 1.165) is 28.8 Å². The van der Waals surface area contributed by atoms with Crippen molar-refractivity contribution < 1.29 is 4.79 Å². The molecular formula is C15H20BrNO. The molecule has 1 aliphatic rings. The van der Waals surface area contributed by atoms with E-state index in [9.17, 15) is 4.79 Å². The van der Waals surface area contributed by atoms with Gasteiger partial charge in [0, 0.05) is 29.7 Å². The molecule has 0 aliphatic heterocycles. The van der Waals surface area contributed by atoms with Gasteiger partial charge in [0.15, 0.2) is 0 Å². The molecule has 0 radical (unpaired) electrons. The predicted molar refractivity (Wildman–Crippen MR) is 76.5 cm³/mol. The summed E-state index contributed by atoms with van der Waals surface area (Å²) < 4.78 is 0.945. The molecule has 1 aromatic rings. The molecule has 1 aliphatic carbocycles. The largest absolute Gasteiger partial charge is 0.299 e. The van der Waals surface area contributed by atoms with Gasteiger partial charge in [0.1, 0.15) is 5.78 Å². The second-order valence-corrected chi connectivity index (χ2v) is 6.19. The molecule has 0 aromatic carbocycles. The van der Waals surface area contributed by atoms with Crippen LogP contribution in [0.2, 0.25) is 0 Å². The summed E-state index contributed by atoms with van der Waals surface area (Å²) in [5.41, 5.74) is 1.01. The Hall–Kier alpha value is -0.700. The third-order valence-electron chi connectivity index (χ3n) is 3.72. The summed E-state index contributed by atoms with van der Waals surface area (Å²) in [6, 6.07) is 1.98. The van der Waals surface area contributed by atoms with Crippen LogP contribution in [0.15, 0.2) is 22.9 Å². The van der Waals surface area contributed by atoms with Crippen LogP contribution in [0.1, 0.15) is 50.5 Å². The minimum atomic E-state index is 0.348. The zero-order chi connectivity index (χ0) is 12.8. The first kappa shape index (κ1) is 13.7. The van der Waals surface area contributed by atoms with Gasteiger partial charge in [-0.05, 0) is 39.9 Å². The summed E-state index contributed by atoms with van der Waals surface area (Å²) in [6.45, 7) is 0. The number of carbonyl (C=O) groups excluding carboxylic acids is 1. The lowest BCUT2D eigenvalue weighted by atomic mass is 9.85. The maximum absolute atomic E-state index is 11.9. The average Bonchev–Trinajstić information content (AvgIpc) is 2.38. The van der Waals surface area contributed by atoms with Crippen molar-refractivity contribution in [3.05, 3.63) is 28.5 Å². The van der Waals surface area contributed by atoms with Gasteiger partial charge >= 0.3 is 0 Å². The maximum atomic E-state index is 11.9. The highest BCUT2D eigenvalue weighted by Gasteiger charge is 2.15. The fraction of sp³-hybridized carbons (Fsp3) is 0.600. The van der Waals surface area contributed by atoms with Crippen LogP contribution < -0.4 is 0 Å². The fourth-order valence-corrected chi connectivity index (χ4v) is 3.12. The first-order valence-corrected chi connectivity index (χ1v) is 7.64. The van der Waals surface area contributed by atoms with Gasteiger partial charge in [-0.2, -0.15) is 0 Å². The van der Waals surface area contributed by atoms with Crippen molar-refractivity contribution in [2.24, 2.45) is 5.92 Å². The fourth-order valence-electron chi connectivity index (χ4n) is 2.71. The summed E-state index contributed by atoms with van der Waals surface area (Å²) in [7, 11) is 0. The van der Waals surface area contributed by atoms with Gasteiger partial charge in [-0.25, -0.2) is 0 Å². The number of Topliss-reactive ketones (excluding diaryl/α,β-unsaturated/α-hetero) is 1. The normalized spacial score (nSPS) is 16.7. The van der Waals surface area contributed by atoms with Crippen molar-refractivity contribution in [1.82, 2.24) is 4.98 Å². The van der Waals surface area contributed by atoms with E-state index < -0.39 is 0 Å². The van der Waals surface area contributed by atoms with Crippen molar-refractivity contribution >= 4 is 21.7 Å². The lowest BCUT2D eigenvalue weighted by molar-refractivity contribution is -0.118. The Labute approximate surface area is 117 Å². The first-order valence-electron chi connectivity index (χ1n) is 6.85. The zero-order valence-corrected chi connectivity index (χ0v) is 12.3. The third-order valence-corrected chi connectivity index (χ3v) is 4.15. The van der Waals surface area contributed by atoms with Gasteiger partial charge < -0.3 is 0 Å². The number of hydrogen-bond donors (Lipinski definition) is 0. The van der Waals surface area contributed by atoms with E-state index in [1.54, 1.807) is 12.4 Å². The number of aromatic nitrogens is 1. The monoisotopic (exact) mass is 309 g/mol. The Morgan fingerprint density at radius 1 is 1.28 bits per heavy atom. The molecule has 0 bridgehead atoms. The molecule has 18 heavy (non-hydrogen) atoms. The summed E-state index contributed by atoms with van der Waals surface area (Å²) in [5, 5.41) is 0. The zero-order valence-electron chi connectivity index (χ0n) is 10.7. The van der Waals surface area contributed by atoms with Crippen molar-refractivity contribution in [3.8, 4) is 0 Å². The molecule has 1 fully saturated rings. The van der Waals surface area contributed by atoms with Crippen LogP contribution in [0.4, 0.5) is 0 Å². The van der Waals surface area contributed by atoms with Crippen molar-refractivity contribution in [3.63, 3.8) is 0 Å². The van der Waals surface area contributed by atoms with Crippen LogP contribution in [-0.2, 0) is 11.2 Å². The minimum absolute atomic E-state index is 0.348. The number of rotatable bonds is 5. The molecule has 0 atom stereocenters. The van der Waals surface area contributed by atoms with Crippen LogP contribution in [0.25, 0.3) is 0 Å². The molecule has 98 valence electrons. The Kier molecular flexibility index (Phi) is 5.36. The third kappa shape index (κ3) is 4.52. The molecule has 1 aromatic heterocycles. The standard InChI is InChI=1S/C15H20BrNO/c16-14-8-13(10-17-11-14)9-15(18)7-6-12-4-2-1-3-5-12/h8,10-12H,1-7,9H2. The second-order valence-electron chi connectivity index (χ2n) is 5.27. The Bertz CT molecular complexity index is 399.